The molecule has 1 unspecified atom stereocenters. The Bertz CT molecular complexity index is 377. The van der Waals surface area contributed by atoms with Gasteiger partial charge in [-0.05, 0) is 19.4 Å². The van der Waals surface area contributed by atoms with E-state index < -0.39 is 0 Å². The summed E-state index contributed by atoms with van der Waals surface area (Å²) in [7, 11) is 2.11. The predicted octanol–water partition coefficient (Wildman–Crippen LogP) is 2.41. The van der Waals surface area contributed by atoms with Crippen LogP contribution < -0.4 is 10.2 Å². The SMILES string of the molecule is CN(CC1CCCCN1)c1nc(C(C)(C)C)ns1. The fraction of sp³-hybridized carbons (Fsp3) is 0.846. The molecule has 0 amide bonds. The van der Waals surface area contributed by atoms with Crippen LogP contribution >= 0.6 is 11.5 Å². The lowest BCUT2D eigenvalue weighted by Crippen LogP contribution is -2.42. The number of aromatic nitrogens is 2. The normalized spacial score (nSPS) is 21.0. The van der Waals surface area contributed by atoms with Crippen LogP contribution in [0.15, 0.2) is 0 Å². The molecule has 1 atom stereocenters. The molecule has 18 heavy (non-hydrogen) atoms. The topological polar surface area (TPSA) is 41.0 Å². The molecular weight excluding hydrogens is 244 g/mol. The molecule has 0 spiro atoms. The standard InChI is InChI=1S/C13H24N4S/c1-13(2,3)11-15-12(18-16-11)17(4)9-10-7-5-6-8-14-10/h10,14H,5-9H2,1-4H3. The van der Waals surface area contributed by atoms with Crippen molar-refractivity contribution < 1.29 is 0 Å². The van der Waals surface area contributed by atoms with Crippen LogP contribution in [-0.4, -0.2) is 35.5 Å². The molecule has 1 saturated heterocycles. The van der Waals surface area contributed by atoms with E-state index in [9.17, 15) is 0 Å². The Kier molecular flexibility index (Phi) is 4.22. The van der Waals surface area contributed by atoms with Crippen LogP contribution in [0.1, 0.15) is 45.9 Å². The van der Waals surface area contributed by atoms with E-state index in [2.05, 4.69) is 47.4 Å². The Morgan fingerprint density at radius 2 is 2.17 bits per heavy atom. The summed E-state index contributed by atoms with van der Waals surface area (Å²) in [6.45, 7) is 8.64. The quantitative estimate of drug-likeness (QED) is 0.914. The van der Waals surface area contributed by atoms with Crippen LogP contribution in [0.5, 0.6) is 0 Å². The van der Waals surface area contributed by atoms with E-state index in [4.69, 9.17) is 0 Å². The average Bonchev–Trinajstić information content (AvgIpc) is 2.79. The van der Waals surface area contributed by atoms with E-state index in [1.807, 2.05) is 0 Å². The van der Waals surface area contributed by atoms with Crippen molar-refractivity contribution in [2.45, 2.75) is 51.5 Å². The van der Waals surface area contributed by atoms with E-state index in [-0.39, 0.29) is 5.41 Å². The molecule has 1 aromatic heterocycles. The first-order chi connectivity index (χ1) is 8.47. The molecule has 0 aromatic carbocycles. The fourth-order valence-corrected chi connectivity index (χ4v) is 2.99. The van der Waals surface area contributed by atoms with Gasteiger partial charge in [-0.3, -0.25) is 0 Å². The van der Waals surface area contributed by atoms with Crippen LogP contribution in [0.3, 0.4) is 0 Å². The van der Waals surface area contributed by atoms with Crippen molar-refractivity contribution in [3.05, 3.63) is 5.82 Å². The van der Waals surface area contributed by atoms with E-state index in [0.29, 0.717) is 6.04 Å². The summed E-state index contributed by atoms with van der Waals surface area (Å²) in [6.07, 6.45) is 3.93. The summed E-state index contributed by atoms with van der Waals surface area (Å²) in [4.78, 5) is 6.88. The summed E-state index contributed by atoms with van der Waals surface area (Å²) in [5.41, 5.74) is 0.0404. The highest BCUT2D eigenvalue weighted by Crippen LogP contribution is 2.25. The van der Waals surface area contributed by atoms with Gasteiger partial charge in [0.2, 0.25) is 5.13 Å². The van der Waals surface area contributed by atoms with Crippen LogP contribution in [0.4, 0.5) is 5.13 Å². The van der Waals surface area contributed by atoms with Gasteiger partial charge in [0.15, 0.2) is 0 Å². The zero-order chi connectivity index (χ0) is 13.2. The summed E-state index contributed by atoms with van der Waals surface area (Å²) >= 11 is 1.51. The summed E-state index contributed by atoms with van der Waals surface area (Å²) in [5.74, 6) is 0.950. The molecule has 0 aliphatic carbocycles. The molecule has 1 aromatic rings. The molecule has 0 radical (unpaired) electrons. The minimum atomic E-state index is 0.0404. The highest BCUT2D eigenvalue weighted by Gasteiger charge is 2.22. The van der Waals surface area contributed by atoms with Crippen LogP contribution in [-0.2, 0) is 5.41 Å². The first-order valence-electron chi connectivity index (χ1n) is 6.75. The molecule has 2 heterocycles. The number of rotatable bonds is 3. The Morgan fingerprint density at radius 3 is 2.72 bits per heavy atom. The van der Waals surface area contributed by atoms with Gasteiger partial charge in [0, 0.05) is 36.6 Å². The van der Waals surface area contributed by atoms with Crippen LogP contribution in [0.25, 0.3) is 0 Å². The van der Waals surface area contributed by atoms with Crippen molar-refractivity contribution in [3.8, 4) is 0 Å². The zero-order valence-electron chi connectivity index (χ0n) is 11.9. The van der Waals surface area contributed by atoms with Crippen molar-refractivity contribution in [1.29, 1.82) is 0 Å². The van der Waals surface area contributed by atoms with Gasteiger partial charge in [-0.25, -0.2) is 4.98 Å². The molecule has 102 valence electrons. The lowest BCUT2D eigenvalue weighted by atomic mass is 9.96. The van der Waals surface area contributed by atoms with Crippen molar-refractivity contribution in [2.75, 3.05) is 25.0 Å². The Hall–Kier alpha value is -0.680. The third kappa shape index (κ3) is 3.42. The summed E-state index contributed by atoms with van der Waals surface area (Å²) < 4.78 is 4.47. The second-order valence-corrected chi connectivity index (χ2v) is 6.91. The monoisotopic (exact) mass is 268 g/mol. The lowest BCUT2D eigenvalue weighted by Gasteiger charge is -2.27. The van der Waals surface area contributed by atoms with Gasteiger partial charge in [0.05, 0.1) is 0 Å². The molecular formula is C13H24N4S. The highest BCUT2D eigenvalue weighted by molar-refractivity contribution is 7.09. The summed E-state index contributed by atoms with van der Waals surface area (Å²) in [6, 6.07) is 0.603. The molecule has 1 N–H and O–H groups in total. The first kappa shape index (κ1) is 13.7. The average molecular weight is 268 g/mol. The van der Waals surface area contributed by atoms with Gasteiger partial charge in [0.1, 0.15) is 5.82 Å². The van der Waals surface area contributed by atoms with Crippen molar-refractivity contribution >= 4 is 16.7 Å². The molecule has 1 aliphatic heterocycles. The number of likely N-dealkylation sites (N-methyl/N-ethyl adjacent to an activating group) is 1. The van der Waals surface area contributed by atoms with Crippen LogP contribution in [0.2, 0.25) is 0 Å². The number of anilines is 1. The molecule has 0 bridgehead atoms. The molecule has 5 heteroatoms. The fourth-order valence-electron chi connectivity index (χ4n) is 2.16. The minimum absolute atomic E-state index is 0.0404. The van der Waals surface area contributed by atoms with Gasteiger partial charge in [-0.15, -0.1) is 0 Å². The van der Waals surface area contributed by atoms with Gasteiger partial charge in [-0.2, -0.15) is 4.37 Å². The Balaban J connectivity index is 1.96. The molecule has 2 rings (SSSR count). The van der Waals surface area contributed by atoms with Gasteiger partial charge in [-0.1, -0.05) is 27.2 Å². The number of piperidine rings is 1. The number of hydrogen-bond donors (Lipinski definition) is 1. The minimum Gasteiger partial charge on any atom is -0.348 e. The zero-order valence-corrected chi connectivity index (χ0v) is 12.7. The number of nitrogens with one attached hydrogen (secondary N) is 1. The first-order valence-corrected chi connectivity index (χ1v) is 7.53. The largest absolute Gasteiger partial charge is 0.348 e. The van der Waals surface area contributed by atoms with Crippen molar-refractivity contribution in [2.24, 2.45) is 0 Å². The van der Waals surface area contributed by atoms with Gasteiger partial charge < -0.3 is 10.2 Å². The second-order valence-electron chi connectivity index (χ2n) is 6.18. The maximum atomic E-state index is 4.65. The number of hydrogen-bond acceptors (Lipinski definition) is 5. The predicted molar refractivity (Wildman–Crippen MR) is 77.5 cm³/mol. The Morgan fingerprint density at radius 1 is 1.39 bits per heavy atom. The van der Waals surface area contributed by atoms with E-state index in [1.54, 1.807) is 0 Å². The third-order valence-corrected chi connectivity index (χ3v) is 4.15. The van der Waals surface area contributed by atoms with Crippen molar-refractivity contribution in [3.63, 3.8) is 0 Å². The van der Waals surface area contributed by atoms with E-state index in [1.165, 1.54) is 30.8 Å². The van der Waals surface area contributed by atoms with E-state index in [0.717, 1.165) is 24.0 Å². The molecule has 0 saturated carbocycles. The summed E-state index contributed by atoms with van der Waals surface area (Å²) in [5, 5.41) is 4.61. The molecule has 4 nitrogen and oxygen atoms in total. The van der Waals surface area contributed by atoms with Gasteiger partial charge in [0.25, 0.3) is 0 Å². The van der Waals surface area contributed by atoms with Crippen LogP contribution in [0, 0.1) is 0 Å². The maximum absolute atomic E-state index is 4.65. The molecule has 1 aliphatic rings. The lowest BCUT2D eigenvalue weighted by molar-refractivity contribution is 0.403. The third-order valence-electron chi connectivity index (χ3n) is 3.32. The Labute approximate surface area is 114 Å². The van der Waals surface area contributed by atoms with E-state index >= 15 is 0 Å². The second kappa shape index (κ2) is 5.53. The maximum Gasteiger partial charge on any atom is 0.205 e. The smallest absolute Gasteiger partial charge is 0.205 e. The van der Waals surface area contributed by atoms with Gasteiger partial charge >= 0.3 is 0 Å². The highest BCUT2D eigenvalue weighted by atomic mass is 32.1. The van der Waals surface area contributed by atoms with Crippen molar-refractivity contribution in [1.82, 2.24) is 14.7 Å². The number of nitrogens with zero attached hydrogens (tertiary/aromatic N) is 3. The molecule has 1 fully saturated rings.